The zero-order valence-electron chi connectivity index (χ0n) is 14.5. The quantitative estimate of drug-likeness (QED) is 0.866. The van der Waals surface area contributed by atoms with Crippen molar-refractivity contribution < 1.29 is 19.5 Å². The van der Waals surface area contributed by atoms with Crippen molar-refractivity contribution in [2.45, 2.75) is 26.3 Å². The Morgan fingerprint density at radius 1 is 1.15 bits per heavy atom. The summed E-state index contributed by atoms with van der Waals surface area (Å²) in [5.74, 6) is -1.17. The number of hydrogen-bond acceptors (Lipinski definition) is 3. The molecule has 134 valence electrons. The highest BCUT2D eigenvalue weighted by Crippen LogP contribution is 2.18. The van der Waals surface area contributed by atoms with E-state index in [9.17, 15) is 14.4 Å². The zero-order valence-corrected chi connectivity index (χ0v) is 14.5. The van der Waals surface area contributed by atoms with Gasteiger partial charge in [0.05, 0.1) is 5.56 Å². The summed E-state index contributed by atoms with van der Waals surface area (Å²) in [5, 5.41) is 11.9. The van der Waals surface area contributed by atoms with E-state index in [4.69, 9.17) is 5.11 Å². The van der Waals surface area contributed by atoms with Gasteiger partial charge in [0.1, 0.15) is 0 Å². The Morgan fingerprint density at radius 3 is 2.50 bits per heavy atom. The van der Waals surface area contributed by atoms with Crippen molar-refractivity contribution in [3.63, 3.8) is 0 Å². The summed E-state index contributed by atoms with van der Waals surface area (Å²) in [5.41, 5.74) is 2.67. The van der Waals surface area contributed by atoms with Crippen LogP contribution in [0.2, 0.25) is 0 Å². The summed E-state index contributed by atoms with van der Waals surface area (Å²) in [6.45, 7) is 3.04. The molecule has 1 aliphatic rings. The SMILES string of the molecule is Cc1ccc(NC(=O)c2ccc(CN3CCCC3=O)cc2)cc1C(=O)O. The van der Waals surface area contributed by atoms with Crippen molar-refractivity contribution >= 4 is 23.5 Å². The number of likely N-dealkylation sites (tertiary alicyclic amines) is 1. The van der Waals surface area contributed by atoms with Gasteiger partial charge in [-0.2, -0.15) is 0 Å². The van der Waals surface area contributed by atoms with E-state index in [1.165, 1.54) is 6.07 Å². The van der Waals surface area contributed by atoms with Crippen LogP contribution in [0.3, 0.4) is 0 Å². The lowest BCUT2D eigenvalue weighted by Crippen LogP contribution is -2.23. The van der Waals surface area contributed by atoms with E-state index in [-0.39, 0.29) is 17.4 Å². The second-order valence-corrected chi connectivity index (χ2v) is 6.40. The molecule has 0 radical (unpaired) electrons. The number of carbonyl (C=O) groups excluding carboxylic acids is 2. The standard InChI is InChI=1S/C20H20N2O4/c1-13-4-9-16(11-17(13)20(25)26)21-19(24)15-7-5-14(6-8-15)12-22-10-2-3-18(22)23/h4-9,11H,2-3,10,12H2,1H3,(H,21,24)(H,25,26). The Kier molecular flexibility index (Phi) is 5.02. The maximum absolute atomic E-state index is 12.4. The molecule has 1 heterocycles. The molecule has 2 N–H and O–H groups in total. The molecule has 0 aromatic heterocycles. The van der Waals surface area contributed by atoms with Gasteiger partial charge >= 0.3 is 5.97 Å². The fourth-order valence-corrected chi connectivity index (χ4v) is 2.99. The van der Waals surface area contributed by atoms with E-state index >= 15 is 0 Å². The summed E-state index contributed by atoms with van der Waals surface area (Å²) in [6, 6.07) is 11.9. The molecule has 2 aromatic rings. The van der Waals surface area contributed by atoms with Gasteiger partial charge in [-0.1, -0.05) is 18.2 Å². The van der Waals surface area contributed by atoms with E-state index in [1.807, 2.05) is 17.0 Å². The molecule has 0 spiro atoms. The molecule has 6 heteroatoms. The van der Waals surface area contributed by atoms with E-state index in [0.717, 1.165) is 18.5 Å². The predicted molar refractivity (Wildman–Crippen MR) is 97.2 cm³/mol. The van der Waals surface area contributed by atoms with Crippen molar-refractivity contribution in [2.75, 3.05) is 11.9 Å². The summed E-state index contributed by atoms with van der Waals surface area (Å²) in [4.78, 5) is 37.0. The largest absolute Gasteiger partial charge is 0.478 e. The molecule has 2 amide bonds. The lowest BCUT2D eigenvalue weighted by molar-refractivity contribution is -0.128. The number of aromatic carboxylic acids is 1. The minimum absolute atomic E-state index is 0.161. The predicted octanol–water partition coefficient (Wildman–Crippen LogP) is 3.07. The highest BCUT2D eigenvalue weighted by Gasteiger charge is 2.20. The van der Waals surface area contributed by atoms with Gasteiger partial charge in [-0.3, -0.25) is 9.59 Å². The van der Waals surface area contributed by atoms with E-state index in [0.29, 0.717) is 29.8 Å². The molecular weight excluding hydrogens is 332 g/mol. The van der Waals surface area contributed by atoms with Crippen molar-refractivity contribution in [2.24, 2.45) is 0 Å². The van der Waals surface area contributed by atoms with Gasteiger partial charge in [0, 0.05) is 30.8 Å². The number of amides is 2. The number of nitrogens with one attached hydrogen (secondary N) is 1. The molecule has 3 rings (SSSR count). The molecule has 0 atom stereocenters. The number of anilines is 1. The fourth-order valence-electron chi connectivity index (χ4n) is 2.99. The summed E-state index contributed by atoms with van der Waals surface area (Å²) in [7, 11) is 0. The topological polar surface area (TPSA) is 86.7 Å². The summed E-state index contributed by atoms with van der Waals surface area (Å²) in [6.07, 6.45) is 1.50. The lowest BCUT2D eigenvalue weighted by atomic mass is 10.1. The molecule has 0 aliphatic carbocycles. The highest BCUT2D eigenvalue weighted by molar-refractivity contribution is 6.05. The molecule has 1 fully saturated rings. The van der Waals surface area contributed by atoms with Crippen molar-refractivity contribution in [3.8, 4) is 0 Å². The molecule has 1 aliphatic heterocycles. The molecule has 0 bridgehead atoms. The zero-order chi connectivity index (χ0) is 18.7. The second-order valence-electron chi connectivity index (χ2n) is 6.40. The van der Waals surface area contributed by atoms with Crippen LogP contribution in [0.15, 0.2) is 42.5 Å². The number of hydrogen-bond donors (Lipinski definition) is 2. The molecule has 0 unspecified atom stereocenters. The number of carboxylic acids is 1. The molecular formula is C20H20N2O4. The third-order valence-electron chi connectivity index (χ3n) is 4.49. The average Bonchev–Trinajstić information content (AvgIpc) is 3.02. The third-order valence-corrected chi connectivity index (χ3v) is 4.49. The van der Waals surface area contributed by atoms with Gasteiger partial charge in [0.25, 0.3) is 5.91 Å². The van der Waals surface area contributed by atoms with Crippen LogP contribution in [0.4, 0.5) is 5.69 Å². The van der Waals surface area contributed by atoms with E-state index < -0.39 is 5.97 Å². The number of nitrogens with zero attached hydrogens (tertiary/aromatic N) is 1. The maximum Gasteiger partial charge on any atom is 0.336 e. The Balaban J connectivity index is 1.67. The highest BCUT2D eigenvalue weighted by atomic mass is 16.4. The number of rotatable bonds is 5. The minimum Gasteiger partial charge on any atom is -0.478 e. The number of aryl methyl sites for hydroxylation is 1. The van der Waals surface area contributed by atoms with Gasteiger partial charge in [0.2, 0.25) is 5.91 Å². The van der Waals surface area contributed by atoms with Crippen molar-refractivity contribution in [3.05, 3.63) is 64.7 Å². The second kappa shape index (κ2) is 7.39. The van der Waals surface area contributed by atoms with Crippen LogP contribution >= 0.6 is 0 Å². The molecule has 2 aromatic carbocycles. The average molecular weight is 352 g/mol. The van der Waals surface area contributed by atoms with Crippen LogP contribution in [0.1, 0.15) is 44.7 Å². The fraction of sp³-hybridized carbons (Fsp3) is 0.250. The Labute approximate surface area is 151 Å². The van der Waals surface area contributed by atoms with Gasteiger partial charge in [-0.25, -0.2) is 4.79 Å². The first kappa shape index (κ1) is 17.7. The molecule has 6 nitrogen and oxygen atoms in total. The molecule has 0 saturated carbocycles. The van der Waals surface area contributed by atoms with Crippen molar-refractivity contribution in [1.29, 1.82) is 0 Å². The van der Waals surface area contributed by atoms with Gasteiger partial charge in [-0.05, 0) is 48.7 Å². The van der Waals surface area contributed by atoms with Crippen LogP contribution < -0.4 is 5.32 Å². The smallest absolute Gasteiger partial charge is 0.336 e. The number of carboxylic acid groups (broad SMARTS) is 1. The maximum atomic E-state index is 12.4. The van der Waals surface area contributed by atoms with Crippen LogP contribution in [-0.4, -0.2) is 34.3 Å². The minimum atomic E-state index is -1.03. The van der Waals surface area contributed by atoms with Crippen LogP contribution in [-0.2, 0) is 11.3 Å². The van der Waals surface area contributed by atoms with Crippen LogP contribution in [0, 0.1) is 6.92 Å². The van der Waals surface area contributed by atoms with Gasteiger partial charge < -0.3 is 15.3 Å². The first-order valence-corrected chi connectivity index (χ1v) is 8.46. The van der Waals surface area contributed by atoms with E-state index in [1.54, 1.807) is 31.2 Å². The summed E-state index contributed by atoms with van der Waals surface area (Å²) < 4.78 is 0. The third kappa shape index (κ3) is 3.91. The Bertz CT molecular complexity index is 859. The first-order chi connectivity index (χ1) is 12.4. The van der Waals surface area contributed by atoms with Gasteiger partial charge in [-0.15, -0.1) is 0 Å². The molecule has 1 saturated heterocycles. The molecule has 26 heavy (non-hydrogen) atoms. The first-order valence-electron chi connectivity index (χ1n) is 8.46. The normalized spacial score (nSPS) is 13.7. The Morgan fingerprint density at radius 2 is 1.88 bits per heavy atom. The van der Waals surface area contributed by atoms with E-state index in [2.05, 4.69) is 5.32 Å². The van der Waals surface area contributed by atoms with Crippen LogP contribution in [0.5, 0.6) is 0 Å². The van der Waals surface area contributed by atoms with Gasteiger partial charge in [0.15, 0.2) is 0 Å². The lowest BCUT2D eigenvalue weighted by Gasteiger charge is -2.15. The number of benzene rings is 2. The van der Waals surface area contributed by atoms with Crippen molar-refractivity contribution in [1.82, 2.24) is 4.90 Å². The summed E-state index contributed by atoms with van der Waals surface area (Å²) >= 11 is 0. The number of carbonyl (C=O) groups is 3. The monoisotopic (exact) mass is 352 g/mol. The Hall–Kier alpha value is -3.15. The van der Waals surface area contributed by atoms with Crippen LogP contribution in [0.25, 0.3) is 0 Å².